The number of amides is 2. The van der Waals surface area contributed by atoms with Crippen molar-refractivity contribution >= 4 is 35.0 Å². The van der Waals surface area contributed by atoms with Crippen molar-refractivity contribution in [2.75, 3.05) is 23.0 Å². The summed E-state index contributed by atoms with van der Waals surface area (Å²) in [4.78, 5) is 24.9. The van der Waals surface area contributed by atoms with E-state index in [-0.39, 0.29) is 23.8 Å². The van der Waals surface area contributed by atoms with E-state index in [0.717, 1.165) is 0 Å². The van der Waals surface area contributed by atoms with Gasteiger partial charge in [-0.25, -0.2) is 4.39 Å². The first-order chi connectivity index (χ1) is 16.0. The molecule has 0 aliphatic heterocycles. The average molecular weight is 470 g/mol. The molecule has 1 heterocycles. The Balaban J connectivity index is 1.63. The molecule has 0 radical (unpaired) electrons. The van der Waals surface area contributed by atoms with Crippen molar-refractivity contribution in [1.82, 2.24) is 14.8 Å². The van der Waals surface area contributed by atoms with Gasteiger partial charge in [0.05, 0.1) is 30.2 Å². The zero-order valence-electron chi connectivity index (χ0n) is 18.1. The molecule has 3 aromatic rings. The number of nitrogens with zero attached hydrogens (tertiary/aromatic N) is 3. The number of carbonyl (C=O) groups is 2. The number of benzene rings is 2. The molecule has 33 heavy (non-hydrogen) atoms. The lowest BCUT2D eigenvalue weighted by Crippen LogP contribution is -2.19. The van der Waals surface area contributed by atoms with Gasteiger partial charge in [0.15, 0.2) is 5.16 Å². The van der Waals surface area contributed by atoms with E-state index in [1.54, 1.807) is 34.9 Å². The topological polar surface area (TPSA) is 98.1 Å². The molecule has 172 valence electrons. The van der Waals surface area contributed by atoms with Gasteiger partial charge in [0.25, 0.3) is 0 Å². The second-order valence-corrected chi connectivity index (χ2v) is 7.71. The van der Waals surface area contributed by atoms with Crippen LogP contribution in [0.3, 0.4) is 0 Å². The van der Waals surface area contributed by atoms with Gasteiger partial charge in [0.2, 0.25) is 11.8 Å². The minimum Gasteiger partial charge on any atom is -0.492 e. The Morgan fingerprint density at radius 2 is 1.79 bits per heavy atom. The third-order valence-corrected chi connectivity index (χ3v) is 5.33. The Labute approximate surface area is 195 Å². The molecule has 3 rings (SSSR count). The summed E-state index contributed by atoms with van der Waals surface area (Å²) in [5, 5.41) is 14.0. The molecule has 2 aromatic carbocycles. The van der Waals surface area contributed by atoms with Gasteiger partial charge in [0, 0.05) is 6.54 Å². The molecule has 0 fully saturated rings. The number of anilines is 2. The predicted molar refractivity (Wildman–Crippen MR) is 126 cm³/mol. The predicted octanol–water partition coefficient (Wildman–Crippen LogP) is 3.91. The van der Waals surface area contributed by atoms with Crippen molar-refractivity contribution in [2.24, 2.45) is 0 Å². The number of para-hydroxylation sites is 3. The van der Waals surface area contributed by atoms with Gasteiger partial charge in [0.1, 0.15) is 17.4 Å². The monoisotopic (exact) mass is 469 g/mol. The second kappa shape index (κ2) is 11.8. The smallest absolute Gasteiger partial charge is 0.234 e. The Morgan fingerprint density at radius 1 is 1.09 bits per heavy atom. The Bertz CT molecular complexity index is 1130. The van der Waals surface area contributed by atoms with Crippen molar-refractivity contribution in [1.29, 1.82) is 0 Å². The van der Waals surface area contributed by atoms with Crippen molar-refractivity contribution in [3.8, 4) is 5.75 Å². The van der Waals surface area contributed by atoms with Crippen LogP contribution in [0.15, 0.2) is 66.3 Å². The fourth-order valence-corrected chi connectivity index (χ4v) is 3.70. The van der Waals surface area contributed by atoms with Crippen LogP contribution < -0.4 is 15.4 Å². The molecule has 0 unspecified atom stereocenters. The lowest BCUT2D eigenvalue weighted by molar-refractivity contribution is -0.116. The third kappa shape index (κ3) is 6.66. The summed E-state index contributed by atoms with van der Waals surface area (Å²) in [5.41, 5.74) is 0.680. The zero-order valence-corrected chi connectivity index (χ0v) is 18.9. The van der Waals surface area contributed by atoms with E-state index >= 15 is 0 Å². The summed E-state index contributed by atoms with van der Waals surface area (Å²) in [7, 11) is 0. The number of aromatic nitrogens is 3. The number of hydrogen-bond donors (Lipinski definition) is 2. The van der Waals surface area contributed by atoms with E-state index < -0.39 is 11.7 Å². The zero-order chi connectivity index (χ0) is 23.6. The molecule has 10 heteroatoms. The molecular weight excluding hydrogens is 445 g/mol. The number of ether oxygens (including phenoxy) is 1. The summed E-state index contributed by atoms with van der Waals surface area (Å²) in [6.07, 6.45) is 1.54. The quantitative estimate of drug-likeness (QED) is 0.326. The van der Waals surface area contributed by atoms with Crippen LogP contribution in [0.4, 0.5) is 15.8 Å². The van der Waals surface area contributed by atoms with Gasteiger partial charge in [-0.3, -0.25) is 9.59 Å². The van der Waals surface area contributed by atoms with Gasteiger partial charge < -0.3 is 19.9 Å². The number of nitrogens with one attached hydrogen (secondary N) is 2. The van der Waals surface area contributed by atoms with Crippen LogP contribution in [0.1, 0.15) is 12.7 Å². The average Bonchev–Trinajstić information content (AvgIpc) is 3.17. The molecule has 0 aliphatic rings. The van der Waals surface area contributed by atoms with E-state index in [4.69, 9.17) is 4.74 Å². The SMILES string of the molecule is C=CCn1c(CC(=O)Nc2ccccc2F)nnc1SCC(=O)Nc1ccccc1OCC. The maximum atomic E-state index is 13.8. The van der Waals surface area contributed by atoms with Crippen molar-refractivity contribution in [3.05, 3.63) is 72.8 Å². The summed E-state index contributed by atoms with van der Waals surface area (Å²) < 4.78 is 21.0. The second-order valence-electron chi connectivity index (χ2n) is 6.77. The van der Waals surface area contributed by atoms with E-state index in [1.807, 2.05) is 19.1 Å². The molecule has 2 amide bonds. The van der Waals surface area contributed by atoms with Crippen molar-refractivity contribution < 1.29 is 18.7 Å². The first kappa shape index (κ1) is 24.0. The first-order valence-corrected chi connectivity index (χ1v) is 11.2. The summed E-state index contributed by atoms with van der Waals surface area (Å²) >= 11 is 1.18. The molecular formula is C23H24FN5O3S. The molecule has 0 atom stereocenters. The van der Waals surface area contributed by atoms with Crippen LogP contribution in [0.25, 0.3) is 0 Å². The number of halogens is 1. The maximum absolute atomic E-state index is 13.8. The van der Waals surface area contributed by atoms with Crippen LogP contribution in [0, 0.1) is 5.82 Å². The Morgan fingerprint density at radius 3 is 2.52 bits per heavy atom. The molecule has 0 saturated heterocycles. The normalized spacial score (nSPS) is 10.5. The molecule has 0 saturated carbocycles. The standard InChI is InChI=1S/C23H24FN5O3S/c1-3-13-29-20(14-21(30)25-17-10-6-5-9-16(17)24)27-28-23(29)33-15-22(31)26-18-11-7-8-12-19(18)32-4-2/h3,5-12H,1,4,13-15H2,2H3,(H,25,30)(H,26,31). The minimum atomic E-state index is -0.522. The van der Waals surface area contributed by atoms with E-state index in [9.17, 15) is 14.0 Å². The highest BCUT2D eigenvalue weighted by molar-refractivity contribution is 7.99. The number of rotatable bonds is 11. The lowest BCUT2D eigenvalue weighted by atomic mass is 10.3. The van der Waals surface area contributed by atoms with E-state index in [1.165, 1.54) is 23.9 Å². The van der Waals surface area contributed by atoms with E-state index in [2.05, 4.69) is 27.4 Å². The number of hydrogen-bond acceptors (Lipinski definition) is 6. The molecule has 0 aliphatic carbocycles. The van der Waals surface area contributed by atoms with Crippen molar-refractivity contribution in [3.63, 3.8) is 0 Å². The van der Waals surface area contributed by atoms with Crippen molar-refractivity contribution in [2.45, 2.75) is 25.0 Å². The fourth-order valence-electron chi connectivity index (χ4n) is 2.94. The highest BCUT2D eigenvalue weighted by Gasteiger charge is 2.17. The van der Waals surface area contributed by atoms with Crippen LogP contribution >= 0.6 is 11.8 Å². The molecule has 0 spiro atoms. The van der Waals surface area contributed by atoms with Crippen LogP contribution in [-0.2, 0) is 22.6 Å². The first-order valence-electron chi connectivity index (χ1n) is 10.2. The van der Waals surface area contributed by atoms with Gasteiger partial charge in [-0.1, -0.05) is 42.1 Å². The third-order valence-electron chi connectivity index (χ3n) is 4.37. The van der Waals surface area contributed by atoms with Gasteiger partial charge in [-0.2, -0.15) is 0 Å². The maximum Gasteiger partial charge on any atom is 0.234 e. The largest absolute Gasteiger partial charge is 0.492 e. The molecule has 1 aromatic heterocycles. The lowest BCUT2D eigenvalue weighted by Gasteiger charge is -2.11. The number of carbonyl (C=O) groups excluding carboxylic acids is 2. The van der Waals surface area contributed by atoms with Crippen LogP contribution in [-0.4, -0.2) is 38.9 Å². The Kier molecular flexibility index (Phi) is 8.59. The molecule has 0 bridgehead atoms. The van der Waals surface area contributed by atoms with Gasteiger partial charge in [-0.15, -0.1) is 16.8 Å². The van der Waals surface area contributed by atoms with Gasteiger partial charge in [-0.05, 0) is 31.2 Å². The highest BCUT2D eigenvalue weighted by atomic mass is 32.2. The molecule has 8 nitrogen and oxygen atoms in total. The summed E-state index contributed by atoms with van der Waals surface area (Å²) in [5.74, 6) is -0.132. The van der Waals surface area contributed by atoms with Crippen LogP contribution in [0.2, 0.25) is 0 Å². The molecule has 2 N–H and O–H groups in total. The fraction of sp³-hybridized carbons (Fsp3) is 0.217. The minimum absolute atomic E-state index is 0.0805. The number of thioether (sulfide) groups is 1. The Hall–Kier alpha value is -3.66. The van der Waals surface area contributed by atoms with Gasteiger partial charge >= 0.3 is 0 Å². The summed E-state index contributed by atoms with van der Waals surface area (Å²) in [6.45, 7) is 6.43. The van der Waals surface area contributed by atoms with E-state index in [0.29, 0.717) is 35.6 Å². The number of allylic oxidation sites excluding steroid dienone is 1. The van der Waals surface area contributed by atoms with Crippen LogP contribution in [0.5, 0.6) is 5.75 Å². The highest BCUT2D eigenvalue weighted by Crippen LogP contribution is 2.25. The summed E-state index contributed by atoms with van der Waals surface area (Å²) in [6, 6.07) is 13.1.